The molecular formula is C15H19NO4. The van der Waals surface area contributed by atoms with Gasteiger partial charge in [0.25, 0.3) is 0 Å². The highest BCUT2D eigenvalue weighted by Crippen LogP contribution is 2.22. The van der Waals surface area contributed by atoms with E-state index in [1.807, 2.05) is 13.8 Å². The number of fused-ring (bicyclic) bond motifs is 1. The Balaban J connectivity index is 2.01. The van der Waals surface area contributed by atoms with Crippen LogP contribution in [0.4, 0.5) is 5.69 Å². The molecule has 0 saturated carbocycles. The van der Waals surface area contributed by atoms with Crippen LogP contribution in [0.25, 0.3) is 11.0 Å². The molecule has 0 saturated heterocycles. The van der Waals surface area contributed by atoms with Crippen molar-refractivity contribution in [1.29, 1.82) is 0 Å². The smallest absolute Gasteiger partial charge is 0.374 e. The van der Waals surface area contributed by atoms with Gasteiger partial charge in [0.05, 0.1) is 12.2 Å². The van der Waals surface area contributed by atoms with Gasteiger partial charge in [-0.2, -0.15) is 0 Å². The lowest BCUT2D eigenvalue weighted by Crippen LogP contribution is -2.25. The number of carbonyl (C=O) groups is 1. The highest BCUT2D eigenvalue weighted by atomic mass is 16.5. The average molecular weight is 277 g/mol. The maximum absolute atomic E-state index is 11.9. The fraction of sp³-hybridized carbons (Fsp3) is 0.400. The van der Waals surface area contributed by atoms with Gasteiger partial charge in [0, 0.05) is 24.6 Å². The van der Waals surface area contributed by atoms with E-state index in [4.69, 9.17) is 19.6 Å². The van der Waals surface area contributed by atoms with Crippen LogP contribution in [-0.4, -0.2) is 25.3 Å². The Kier molecular flexibility index (Phi) is 3.99. The summed E-state index contributed by atoms with van der Waals surface area (Å²) in [5.41, 5.74) is 6.60. The lowest BCUT2D eigenvalue weighted by atomic mass is 10.1. The first-order chi connectivity index (χ1) is 9.41. The number of ether oxygens (including phenoxy) is 2. The molecule has 0 spiro atoms. The standard InChI is InChI=1S/C15H19NO4/c1-15(2,18-3)6-7-19-14(17)13-9-10-8-11(16)4-5-12(10)20-13/h4-5,8-9H,6-7,16H2,1-3H3. The molecule has 108 valence electrons. The van der Waals surface area contributed by atoms with Crippen molar-refractivity contribution in [2.45, 2.75) is 25.9 Å². The second-order valence-corrected chi connectivity index (χ2v) is 5.26. The van der Waals surface area contributed by atoms with Crippen LogP contribution in [0, 0.1) is 0 Å². The van der Waals surface area contributed by atoms with E-state index in [2.05, 4.69) is 0 Å². The lowest BCUT2D eigenvalue weighted by Gasteiger charge is -2.22. The zero-order chi connectivity index (χ0) is 14.8. The van der Waals surface area contributed by atoms with Gasteiger partial charge in [-0.05, 0) is 38.1 Å². The van der Waals surface area contributed by atoms with E-state index in [-0.39, 0.29) is 18.0 Å². The summed E-state index contributed by atoms with van der Waals surface area (Å²) in [5.74, 6) is -0.299. The summed E-state index contributed by atoms with van der Waals surface area (Å²) in [4.78, 5) is 11.9. The van der Waals surface area contributed by atoms with Gasteiger partial charge in [0.15, 0.2) is 0 Å². The minimum absolute atomic E-state index is 0.181. The average Bonchev–Trinajstić information content (AvgIpc) is 2.81. The zero-order valence-electron chi connectivity index (χ0n) is 11.9. The van der Waals surface area contributed by atoms with Crippen LogP contribution in [0.1, 0.15) is 30.8 Å². The van der Waals surface area contributed by atoms with E-state index in [0.29, 0.717) is 17.7 Å². The van der Waals surface area contributed by atoms with Crippen LogP contribution < -0.4 is 5.73 Å². The molecule has 0 radical (unpaired) electrons. The molecule has 0 aliphatic heterocycles. The molecule has 0 aliphatic rings. The summed E-state index contributed by atoms with van der Waals surface area (Å²) >= 11 is 0. The molecule has 20 heavy (non-hydrogen) atoms. The van der Waals surface area contributed by atoms with Crippen LogP contribution in [0.5, 0.6) is 0 Å². The van der Waals surface area contributed by atoms with E-state index in [1.54, 1.807) is 31.4 Å². The van der Waals surface area contributed by atoms with E-state index in [1.165, 1.54) is 0 Å². The molecule has 0 bridgehead atoms. The van der Waals surface area contributed by atoms with Crippen LogP contribution >= 0.6 is 0 Å². The number of hydrogen-bond donors (Lipinski definition) is 1. The predicted octanol–water partition coefficient (Wildman–Crippen LogP) is 2.99. The van der Waals surface area contributed by atoms with Gasteiger partial charge < -0.3 is 19.6 Å². The molecule has 0 atom stereocenters. The van der Waals surface area contributed by atoms with Crippen molar-refractivity contribution >= 4 is 22.6 Å². The van der Waals surface area contributed by atoms with E-state index < -0.39 is 5.97 Å². The molecule has 2 aromatic rings. The molecule has 1 aromatic heterocycles. The largest absolute Gasteiger partial charge is 0.460 e. The van der Waals surface area contributed by atoms with Crippen LogP contribution in [0.2, 0.25) is 0 Å². The van der Waals surface area contributed by atoms with Gasteiger partial charge in [-0.1, -0.05) is 0 Å². The first-order valence-corrected chi connectivity index (χ1v) is 6.43. The number of furan rings is 1. The van der Waals surface area contributed by atoms with Crippen molar-refractivity contribution in [3.05, 3.63) is 30.0 Å². The predicted molar refractivity (Wildman–Crippen MR) is 76.6 cm³/mol. The van der Waals surface area contributed by atoms with Gasteiger partial charge in [-0.15, -0.1) is 0 Å². The van der Waals surface area contributed by atoms with Crippen molar-refractivity contribution in [3.63, 3.8) is 0 Å². The third kappa shape index (κ3) is 3.30. The number of benzene rings is 1. The Bertz CT molecular complexity index is 615. The molecule has 5 heteroatoms. The van der Waals surface area contributed by atoms with Gasteiger partial charge in [-0.25, -0.2) is 4.79 Å². The van der Waals surface area contributed by atoms with Crippen LogP contribution in [0.3, 0.4) is 0 Å². The summed E-state index contributed by atoms with van der Waals surface area (Å²) < 4.78 is 15.9. The highest BCUT2D eigenvalue weighted by molar-refractivity contribution is 5.93. The maximum atomic E-state index is 11.9. The second-order valence-electron chi connectivity index (χ2n) is 5.26. The van der Waals surface area contributed by atoms with Crippen LogP contribution in [0.15, 0.2) is 28.7 Å². The van der Waals surface area contributed by atoms with Crippen LogP contribution in [-0.2, 0) is 9.47 Å². The SMILES string of the molecule is COC(C)(C)CCOC(=O)c1cc2cc(N)ccc2o1. The normalized spacial score (nSPS) is 11.8. The maximum Gasteiger partial charge on any atom is 0.374 e. The van der Waals surface area contributed by atoms with Gasteiger partial charge in [0.1, 0.15) is 5.58 Å². The number of anilines is 1. The molecular weight excluding hydrogens is 258 g/mol. The Hall–Kier alpha value is -2.01. The van der Waals surface area contributed by atoms with Crippen molar-refractivity contribution < 1.29 is 18.7 Å². The third-order valence-corrected chi connectivity index (χ3v) is 3.23. The summed E-state index contributed by atoms with van der Waals surface area (Å²) in [7, 11) is 1.63. The van der Waals surface area contributed by atoms with Crippen molar-refractivity contribution in [1.82, 2.24) is 0 Å². The number of carbonyl (C=O) groups excluding carboxylic acids is 1. The molecule has 1 aromatic carbocycles. The fourth-order valence-electron chi connectivity index (χ4n) is 1.73. The van der Waals surface area contributed by atoms with Crippen molar-refractivity contribution in [2.75, 3.05) is 19.5 Å². The summed E-state index contributed by atoms with van der Waals surface area (Å²) in [6.45, 7) is 4.15. The minimum atomic E-state index is -0.480. The molecule has 0 aliphatic carbocycles. The fourth-order valence-corrected chi connectivity index (χ4v) is 1.73. The minimum Gasteiger partial charge on any atom is -0.460 e. The van der Waals surface area contributed by atoms with Gasteiger partial charge in [0.2, 0.25) is 5.76 Å². The van der Waals surface area contributed by atoms with Gasteiger partial charge >= 0.3 is 5.97 Å². The monoisotopic (exact) mass is 277 g/mol. The first-order valence-electron chi connectivity index (χ1n) is 6.43. The van der Waals surface area contributed by atoms with Crippen molar-refractivity contribution in [3.8, 4) is 0 Å². The molecule has 0 unspecified atom stereocenters. The Morgan fingerprint density at radius 3 is 2.80 bits per heavy atom. The molecule has 0 amide bonds. The van der Waals surface area contributed by atoms with E-state index in [0.717, 1.165) is 5.39 Å². The molecule has 0 fully saturated rings. The molecule has 5 nitrogen and oxygen atoms in total. The lowest BCUT2D eigenvalue weighted by molar-refractivity contribution is -0.00646. The Labute approximate surface area is 117 Å². The molecule has 2 rings (SSSR count). The second kappa shape index (κ2) is 5.54. The summed E-state index contributed by atoms with van der Waals surface area (Å²) in [6, 6.07) is 6.84. The summed E-state index contributed by atoms with van der Waals surface area (Å²) in [6.07, 6.45) is 0.614. The quantitative estimate of drug-likeness (QED) is 0.671. The van der Waals surface area contributed by atoms with Crippen molar-refractivity contribution in [2.24, 2.45) is 0 Å². The number of methoxy groups -OCH3 is 1. The number of rotatable bonds is 5. The number of esters is 1. The molecule has 1 heterocycles. The third-order valence-electron chi connectivity index (χ3n) is 3.23. The van der Waals surface area contributed by atoms with E-state index >= 15 is 0 Å². The van der Waals surface area contributed by atoms with Gasteiger partial charge in [-0.3, -0.25) is 0 Å². The number of hydrogen-bond acceptors (Lipinski definition) is 5. The summed E-state index contributed by atoms with van der Waals surface area (Å²) in [5, 5.41) is 0.786. The number of nitrogens with two attached hydrogens (primary N) is 1. The zero-order valence-corrected chi connectivity index (χ0v) is 11.9. The Morgan fingerprint density at radius 1 is 1.35 bits per heavy atom. The Morgan fingerprint density at radius 2 is 2.10 bits per heavy atom. The first kappa shape index (κ1) is 14.4. The number of nitrogen functional groups attached to an aromatic ring is 1. The topological polar surface area (TPSA) is 74.7 Å². The van der Waals surface area contributed by atoms with E-state index in [9.17, 15) is 4.79 Å². The molecule has 2 N–H and O–H groups in total. The highest BCUT2D eigenvalue weighted by Gasteiger charge is 2.19.